The van der Waals surface area contributed by atoms with Crippen LogP contribution in [0, 0.1) is 24.7 Å². The minimum Gasteiger partial charge on any atom is -0.386 e. The average Bonchev–Trinajstić information content (AvgIpc) is 3.43. The number of fused-ring (bicyclic) bond motifs is 1. The predicted molar refractivity (Wildman–Crippen MR) is 145 cm³/mol. The third-order valence-electron chi connectivity index (χ3n) is 9.51. The Kier molecular flexibility index (Phi) is 6.60. The van der Waals surface area contributed by atoms with Gasteiger partial charge in [0, 0.05) is 25.2 Å². The largest absolute Gasteiger partial charge is 0.386 e. The van der Waals surface area contributed by atoms with Crippen molar-refractivity contribution in [3.8, 4) is 0 Å². The van der Waals surface area contributed by atoms with Crippen molar-refractivity contribution in [1.82, 2.24) is 25.8 Å². The van der Waals surface area contributed by atoms with Gasteiger partial charge in [-0.1, -0.05) is 38.2 Å². The summed E-state index contributed by atoms with van der Waals surface area (Å²) in [5.74, 6) is 1.07. The number of pyridine rings is 1. The highest BCUT2D eigenvalue weighted by molar-refractivity contribution is 5.92. The maximum atomic E-state index is 13.6. The smallest absolute Gasteiger partial charge is 0.269 e. The zero-order chi connectivity index (χ0) is 27.3. The molecule has 1 aromatic heterocycles. The van der Waals surface area contributed by atoms with Crippen LogP contribution in [0.25, 0.3) is 0 Å². The monoisotopic (exact) mass is 537 g/mol. The Morgan fingerprint density at radius 3 is 2.74 bits per heavy atom. The first-order valence-electron chi connectivity index (χ1n) is 14.2. The van der Waals surface area contributed by atoms with E-state index in [2.05, 4.69) is 30.9 Å². The Bertz CT molecular complexity index is 1190. The van der Waals surface area contributed by atoms with Gasteiger partial charge in [-0.2, -0.15) is 0 Å². The lowest BCUT2D eigenvalue weighted by atomic mass is 9.65. The molecule has 3 fully saturated rings. The number of carbonyl (C=O) groups excluding carboxylic acids is 2. The maximum absolute atomic E-state index is 13.6. The van der Waals surface area contributed by atoms with Crippen molar-refractivity contribution in [2.45, 2.75) is 81.8 Å². The number of hydrogen-bond donors (Lipinski definition) is 6. The van der Waals surface area contributed by atoms with Gasteiger partial charge in [0.2, 0.25) is 5.91 Å². The topological polar surface area (TPSA) is 183 Å². The van der Waals surface area contributed by atoms with Crippen LogP contribution >= 0.6 is 0 Å². The van der Waals surface area contributed by atoms with Gasteiger partial charge in [-0.3, -0.25) is 14.6 Å². The summed E-state index contributed by atoms with van der Waals surface area (Å²) >= 11 is 0. The van der Waals surface area contributed by atoms with Crippen molar-refractivity contribution in [3.05, 3.63) is 29.6 Å². The number of aryl methyl sites for hydroxylation is 1. The lowest BCUT2D eigenvalue weighted by Crippen LogP contribution is -2.73. The molecule has 0 radical (unpaired) electrons. The molecule has 8 N–H and O–H groups in total. The van der Waals surface area contributed by atoms with Gasteiger partial charge >= 0.3 is 0 Å². The van der Waals surface area contributed by atoms with E-state index >= 15 is 0 Å². The number of hydrogen-bond acceptors (Lipinski definition) is 10. The summed E-state index contributed by atoms with van der Waals surface area (Å²) in [6, 6.07) is 1.72. The first-order valence-corrected chi connectivity index (χ1v) is 14.2. The Balaban J connectivity index is 1.18. The fourth-order valence-corrected chi connectivity index (χ4v) is 7.65. The number of guanidine groups is 2. The van der Waals surface area contributed by atoms with E-state index in [9.17, 15) is 14.7 Å². The van der Waals surface area contributed by atoms with Crippen LogP contribution in [0.4, 0.5) is 0 Å². The first kappa shape index (κ1) is 25.8. The summed E-state index contributed by atoms with van der Waals surface area (Å²) in [4.78, 5) is 41.4. The molecule has 210 valence electrons. The number of nitrogens with zero attached hydrogens (tertiary/aromatic N) is 4. The van der Waals surface area contributed by atoms with Crippen LogP contribution in [0.5, 0.6) is 0 Å². The van der Waals surface area contributed by atoms with Gasteiger partial charge in [-0.05, 0) is 43.2 Å². The van der Waals surface area contributed by atoms with Crippen molar-refractivity contribution < 1.29 is 14.7 Å². The van der Waals surface area contributed by atoms with Gasteiger partial charge in [-0.15, -0.1) is 0 Å². The van der Waals surface area contributed by atoms with E-state index in [1.165, 1.54) is 25.7 Å². The second kappa shape index (κ2) is 9.96. The molecule has 1 aromatic rings. The van der Waals surface area contributed by atoms with Crippen LogP contribution in [0.3, 0.4) is 0 Å². The van der Waals surface area contributed by atoms with Crippen molar-refractivity contribution in [2.75, 3.05) is 13.1 Å². The first-order chi connectivity index (χ1) is 18.8. The highest BCUT2D eigenvalue weighted by Crippen LogP contribution is 2.44. The molecule has 1 saturated heterocycles. The van der Waals surface area contributed by atoms with Crippen LogP contribution in [0.15, 0.2) is 28.3 Å². The van der Waals surface area contributed by atoms with Crippen LogP contribution in [0.1, 0.15) is 61.0 Å². The highest BCUT2D eigenvalue weighted by Gasteiger charge is 2.65. The zero-order valence-electron chi connectivity index (χ0n) is 22.3. The fourth-order valence-electron chi connectivity index (χ4n) is 7.65. The molecule has 4 heterocycles. The number of aliphatic hydroxyl groups is 1. The molecule has 12 heteroatoms. The summed E-state index contributed by atoms with van der Waals surface area (Å²) in [5.41, 5.74) is 12.7. The van der Waals surface area contributed by atoms with Crippen molar-refractivity contribution in [3.63, 3.8) is 0 Å². The number of aromatic nitrogens is 1. The van der Waals surface area contributed by atoms with Gasteiger partial charge in [0.1, 0.15) is 17.8 Å². The van der Waals surface area contributed by atoms with Gasteiger partial charge in [0.25, 0.3) is 5.91 Å². The zero-order valence-corrected chi connectivity index (χ0v) is 22.3. The Labute approximate surface area is 228 Å². The molecule has 0 bridgehead atoms. The van der Waals surface area contributed by atoms with E-state index in [4.69, 9.17) is 11.5 Å². The molecule has 3 aliphatic heterocycles. The average molecular weight is 538 g/mol. The number of rotatable bonds is 5. The van der Waals surface area contributed by atoms with Crippen molar-refractivity contribution in [1.29, 1.82) is 0 Å². The van der Waals surface area contributed by atoms with Crippen LogP contribution < -0.4 is 27.4 Å². The van der Waals surface area contributed by atoms with Crippen LogP contribution in [0.2, 0.25) is 0 Å². The lowest BCUT2D eigenvalue weighted by molar-refractivity contribution is -0.131. The Hall–Kier alpha value is -3.41. The molecule has 6 rings (SSSR count). The van der Waals surface area contributed by atoms with E-state index < -0.39 is 29.9 Å². The molecular weight excluding hydrogens is 498 g/mol. The number of aliphatic hydroxyl groups excluding tert-OH is 1. The Morgan fingerprint density at radius 2 is 1.95 bits per heavy atom. The van der Waals surface area contributed by atoms with E-state index in [0.717, 1.165) is 24.8 Å². The van der Waals surface area contributed by atoms with Crippen molar-refractivity contribution >= 4 is 23.7 Å². The predicted octanol–water partition coefficient (Wildman–Crippen LogP) is -0.433. The standard InChI is InChI=1S/C27H39N9O3/c1-14-9-10-18(30-11-14)24(39)31-12-19-21-27(35-25(28)34-21)22(37)20(13-36(27)26(29)33-19)32-23(38)17-8-4-6-15-5-2-3-7-16(15)17/h9-11,15-17,19-22,37H,2-8,12-13H2,1H3,(H2,29,33)(H,31,39)(H,32,38)(H3,28,34,35)/t15?,16?,17?,19-,20?,21?,22+,27?/m0/s1. The lowest BCUT2D eigenvalue weighted by Gasteiger charge is -2.46. The van der Waals surface area contributed by atoms with Gasteiger partial charge < -0.3 is 37.4 Å². The molecule has 5 aliphatic rings. The summed E-state index contributed by atoms with van der Waals surface area (Å²) in [6.07, 6.45) is 8.51. The molecule has 2 amide bonds. The highest BCUT2D eigenvalue weighted by atomic mass is 16.3. The van der Waals surface area contributed by atoms with Gasteiger partial charge in [-0.25, -0.2) is 9.98 Å². The van der Waals surface area contributed by atoms with E-state index in [1.807, 2.05) is 13.0 Å². The minimum absolute atomic E-state index is 0.0141. The molecule has 2 aliphatic carbocycles. The molecular formula is C27H39N9O3. The van der Waals surface area contributed by atoms with Gasteiger partial charge in [0.05, 0.1) is 12.1 Å². The van der Waals surface area contributed by atoms with E-state index in [1.54, 1.807) is 17.2 Å². The number of carbonyl (C=O) groups is 2. The maximum Gasteiger partial charge on any atom is 0.269 e. The number of nitrogens with one attached hydrogen (secondary N) is 3. The molecule has 6 unspecified atom stereocenters. The van der Waals surface area contributed by atoms with Crippen molar-refractivity contribution in [2.24, 2.45) is 39.2 Å². The quantitative estimate of drug-likeness (QED) is 0.292. The summed E-state index contributed by atoms with van der Waals surface area (Å²) in [7, 11) is 0. The summed E-state index contributed by atoms with van der Waals surface area (Å²) in [5, 5.41) is 20.9. The third kappa shape index (κ3) is 4.38. The fraction of sp³-hybridized carbons (Fsp3) is 0.667. The molecule has 0 aromatic carbocycles. The second-order valence-corrected chi connectivity index (χ2v) is 11.8. The molecule has 1 spiro atoms. The van der Waals surface area contributed by atoms with E-state index in [0.29, 0.717) is 17.5 Å². The SMILES string of the molecule is Cc1ccc(C(=O)NC[C@@H]2N=C(N)N3CC(NC(=O)C4CCCC5CCCCC54)[C@@H](O)C34NC(N)=NC24)nc1. The Morgan fingerprint density at radius 1 is 1.15 bits per heavy atom. The molecule has 2 saturated carbocycles. The summed E-state index contributed by atoms with van der Waals surface area (Å²) < 4.78 is 0. The number of nitrogens with two attached hydrogens (primary N) is 2. The van der Waals surface area contributed by atoms with Crippen LogP contribution in [-0.2, 0) is 4.79 Å². The third-order valence-corrected chi connectivity index (χ3v) is 9.51. The normalized spacial score (nSPS) is 37.0. The minimum atomic E-state index is -1.16. The summed E-state index contributed by atoms with van der Waals surface area (Å²) in [6.45, 7) is 2.31. The molecule has 39 heavy (non-hydrogen) atoms. The number of amides is 2. The second-order valence-electron chi connectivity index (χ2n) is 11.8. The van der Waals surface area contributed by atoms with E-state index in [-0.39, 0.29) is 42.7 Å². The van der Waals surface area contributed by atoms with Gasteiger partial charge in [0.15, 0.2) is 17.6 Å². The van der Waals surface area contributed by atoms with Crippen LogP contribution in [-0.4, -0.2) is 81.7 Å². The number of aliphatic imine (C=N–C) groups is 2. The molecule has 8 atom stereocenters. The molecule has 12 nitrogen and oxygen atoms in total.